The van der Waals surface area contributed by atoms with Crippen molar-refractivity contribution in [3.05, 3.63) is 22.2 Å². The first-order valence-corrected chi connectivity index (χ1v) is 3.78. The van der Waals surface area contributed by atoms with Crippen molar-refractivity contribution in [3.8, 4) is 11.5 Å². The van der Waals surface area contributed by atoms with Crippen LogP contribution in [0.15, 0.2) is 12.1 Å². The maximum atomic E-state index is 5.78. The van der Waals surface area contributed by atoms with Crippen LogP contribution in [0.1, 0.15) is 0 Å². The van der Waals surface area contributed by atoms with Crippen molar-refractivity contribution in [3.63, 3.8) is 0 Å². The summed E-state index contributed by atoms with van der Waals surface area (Å²) in [5.74, 6) is 1.08. The van der Waals surface area contributed by atoms with Crippen LogP contribution in [0.25, 0.3) is 0 Å². The third kappa shape index (κ3) is 1.03. The molecular weight excluding hydrogens is 187 g/mol. The average molecular weight is 191 g/mol. The number of benzene rings is 1. The van der Waals surface area contributed by atoms with E-state index >= 15 is 0 Å². The summed E-state index contributed by atoms with van der Waals surface area (Å²) in [7, 11) is 0. The number of hydrogen-bond acceptors (Lipinski definition) is 2. The highest BCUT2D eigenvalue weighted by Crippen LogP contribution is 2.43. The Labute approximate surface area is 73.6 Å². The first-order valence-electron chi connectivity index (χ1n) is 3.02. The lowest BCUT2D eigenvalue weighted by Crippen LogP contribution is -1.93. The molecule has 0 amide bonds. The second-order valence-electron chi connectivity index (χ2n) is 2.09. The van der Waals surface area contributed by atoms with E-state index in [1.165, 1.54) is 0 Å². The molecule has 0 aromatic heterocycles. The van der Waals surface area contributed by atoms with Crippen molar-refractivity contribution in [1.82, 2.24) is 0 Å². The second kappa shape index (κ2) is 2.47. The number of halogens is 2. The Morgan fingerprint density at radius 3 is 1.91 bits per heavy atom. The molecule has 58 valence electrons. The molecule has 0 saturated carbocycles. The van der Waals surface area contributed by atoms with Gasteiger partial charge in [-0.15, -0.1) is 0 Å². The van der Waals surface area contributed by atoms with Crippen LogP contribution in [-0.2, 0) is 0 Å². The summed E-state index contributed by atoms with van der Waals surface area (Å²) in [6.45, 7) is 0.193. The Morgan fingerprint density at radius 1 is 1.00 bits per heavy atom. The standard InChI is InChI=1S/C7H4Cl2O2/c8-4-1-2-5(9)7-6(4)10-3-11-7/h1-2H,3H2. The monoisotopic (exact) mass is 190 g/mol. The van der Waals surface area contributed by atoms with Crippen LogP contribution in [0, 0.1) is 0 Å². The maximum Gasteiger partial charge on any atom is 0.231 e. The molecule has 0 atom stereocenters. The quantitative estimate of drug-likeness (QED) is 0.627. The van der Waals surface area contributed by atoms with Gasteiger partial charge in [0.15, 0.2) is 11.5 Å². The smallest absolute Gasteiger partial charge is 0.231 e. The van der Waals surface area contributed by atoms with Gasteiger partial charge in [-0.3, -0.25) is 0 Å². The van der Waals surface area contributed by atoms with Gasteiger partial charge in [0.2, 0.25) is 6.79 Å². The van der Waals surface area contributed by atoms with Crippen molar-refractivity contribution >= 4 is 23.2 Å². The van der Waals surface area contributed by atoms with Crippen LogP contribution in [-0.4, -0.2) is 6.79 Å². The first kappa shape index (κ1) is 7.07. The lowest BCUT2D eigenvalue weighted by molar-refractivity contribution is 0.174. The minimum absolute atomic E-state index is 0.193. The van der Waals surface area contributed by atoms with E-state index in [1.807, 2.05) is 0 Å². The van der Waals surface area contributed by atoms with E-state index in [2.05, 4.69) is 0 Å². The van der Waals surface area contributed by atoms with E-state index in [1.54, 1.807) is 12.1 Å². The third-order valence-corrected chi connectivity index (χ3v) is 2.02. The molecule has 0 spiro atoms. The van der Waals surface area contributed by atoms with Gasteiger partial charge >= 0.3 is 0 Å². The molecule has 0 bridgehead atoms. The molecule has 0 aliphatic carbocycles. The highest BCUT2D eigenvalue weighted by Gasteiger charge is 2.19. The highest BCUT2D eigenvalue weighted by molar-refractivity contribution is 6.35. The molecule has 1 aromatic rings. The zero-order valence-electron chi connectivity index (χ0n) is 5.43. The lowest BCUT2D eigenvalue weighted by atomic mass is 10.3. The van der Waals surface area contributed by atoms with Crippen LogP contribution >= 0.6 is 23.2 Å². The molecule has 0 N–H and O–H groups in total. The van der Waals surface area contributed by atoms with E-state index in [-0.39, 0.29) is 6.79 Å². The molecule has 1 aliphatic heterocycles. The summed E-state index contributed by atoms with van der Waals surface area (Å²) in [6.07, 6.45) is 0. The zero-order chi connectivity index (χ0) is 7.84. The van der Waals surface area contributed by atoms with E-state index in [0.717, 1.165) is 0 Å². The lowest BCUT2D eigenvalue weighted by Gasteiger charge is -1.98. The summed E-state index contributed by atoms with van der Waals surface area (Å²) >= 11 is 11.6. The normalized spacial score (nSPS) is 13.6. The van der Waals surface area contributed by atoms with Crippen LogP contribution in [0.4, 0.5) is 0 Å². The highest BCUT2D eigenvalue weighted by atomic mass is 35.5. The molecule has 0 fully saturated rings. The van der Waals surface area contributed by atoms with Gasteiger partial charge < -0.3 is 9.47 Å². The molecule has 0 saturated heterocycles. The molecule has 1 aliphatic rings. The van der Waals surface area contributed by atoms with Crippen LogP contribution in [0.3, 0.4) is 0 Å². The van der Waals surface area contributed by atoms with Crippen LogP contribution in [0.5, 0.6) is 11.5 Å². The predicted octanol–water partition coefficient (Wildman–Crippen LogP) is 2.72. The average Bonchev–Trinajstić information content (AvgIpc) is 2.45. The Kier molecular flexibility index (Phi) is 1.59. The van der Waals surface area contributed by atoms with Gasteiger partial charge in [0.05, 0.1) is 10.0 Å². The predicted molar refractivity (Wildman–Crippen MR) is 42.6 cm³/mol. The van der Waals surface area contributed by atoms with Crippen molar-refractivity contribution in [2.24, 2.45) is 0 Å². The molecule has 11 heavy (non-hydrogen) atoms. The minimum atomic E-state index is 0.193. The molecule has 0 radical (unpaired) electrons. The summed E-state index contributed by atoms with van der Waals surface area (Å²) in [5.41, 5.74) is 0. The van der Waals surface area contributed by atoms with Gasteiger partial charge in [0.1, 0.15) is 0 Å². The first-order chi connectivity index (χ1) is 5.29. The Hall–Kier alpha value is -0.600. The van der Waals surface area contributed by atoms with Gasteiger partial charge in [0, 0.05) is 0 Å². The molecule has 4 heteroatoms. The zero-order valence-corrected chi connectivity index (χ0v) is 6.95. The largest absolute Gasteiger partial charge is 0.452 e. The summed E-state index contributed by atoms with van der Waals surface area (Å²) in [4.78, 5) is 0. The van der Waals surface area contributed by atoms with Gasteiger partial charge in [0.25, 0.3) is 0 Å². The fourth-order valence-electron chi connectivity index (χ4n) is 0.931. The second-order valence-corrected chi connectivity index (χ2v) is 2.91. The molecule has 0 unspecified atom stereocenters. The number of rotatable bonds is 0. The summed E-state index contributed by atoms with van der Waals surface area (Å²) in [5, 5.41) is 1.06. The van der Waals surface area contributed by atoms with Crippen molar-refractivity contribution < 1.29 is 9.47 Å². The fourth-order valence-corrected chi connectivity index (χ4v) is 1.34. The number of hydrogen-bond donors (Lipinski definition) is 0. The topological polar surface area (TPSA) is 18.5 Å². The van der Waals surface area contributed by atoms with E-state index < -0.39 is 0 Å². The van der Waals surface area contributed by atoms with E-state index in [0.29, 0.717) is 21.5 Å². The number of fused-ring (bicyclic) bond motifs is 1. The molecule has 2 nitrogen and oxygen atoms in total. The number of ether oxygens (including phenoxy) is 2. The molecule has 1 aromatic carbocycles. The Balaban J connectivity index is 2.64. The van der Waals surface area contributed by atoms with Gasteiger partial charge in [-0.05, 0) is 12.1 Å². The van der Waals surface area contributed by atoms with Crippen molar-refractivity contribution in [2.45, 2.75) is 0 Å². The SMILES string of the molecule is Clc1ccc(Cl)c2c1OCO2. The Morgan fingerprint density at radius 2 is 1.45 bits per heavy atom. The van der Waals surface area contributed by atoms with Crippen molar-refractivity contribution in [1.29, 1.82) is 0 Å². The third-order valence-electron chi connectivity index (χ3n) is 1.42. The summed E-state index contributed by atoms with van der Waals surface area (Å²) < 4.78 is 10.1. The van der Waals surface area contributed by atoms with Gasteiger partial charge in [-0.1, -0.05) is 23.2 Å². The van der Waals surface area contributed by atoms with E-state index in [9.17, 15) is 0 Å². The van der Waals surface area contributed by atoms with Gasteiger partial charge in [-0.25, -0.2) is 0 Å². The van der Waals surface area contributed by atoms with Crippen LogP contribution in [0.2, 0.25) is 10.0 Å². The van der Waals surface area contributed by atoms with Gasteiger partial charge in [-0.2, -0.15) is 0 Å². The minimum Gasteiger partial charge on any atom is -0.452 e. The van der Waals surface area contributed by atoms with Crippen molar-refractivity contribution in [2.75, 3.05) is 6.79 Å². The molecular formula is C7H4Cl2O2. The molecule has 2 rings (SSSR count). The maximum absolute atomic E-state index is 5.78. The Bertz CT molecular complexity index is 270. The van der Waals surface area contributed by atoms with Crippen LogP contribution < -0.4 is 9.47 Å². The summed E-state index contributed by atoms with van der Waals surface area (Å²) in [6, 6.07) is 3.36. The fraction of sp³-hybridized carbons (Fsp3) is 0.143. The van der Waals surface area contributed by atoms with E-state index in [4.69, 9.17) is 32.7 Å². The molecule has 1 heterocycles.